The van der Waals surface area contributed by atoms with Crippen LogP contribution in [0.4, 0.5) is 0 Å². The van der Waals surface area contributed by atoms with E-state index in [1.807, 2.05) is 0 Å². The molecule has 0 aliphatic carbocycles. The van der Waals surface area contributed by atoms with Crippen molar-refractivity contribution in [3.63, 3.8) is 0 Å². The van der Waals surface area contributed by atoms with Gasteiger partial charge in [-0.1, -0.05) is 90.5 Å². The van der Waals surface area contributed by atoms with Crippen LogP contribution in [-0.2, 0) is 0 Å². The molecule has 140 valence electrons. The minimum absolute atomic E-state index is 1.27. The van der Waals surface area contributed by atoms with E-state index in [1.165, 1.54) is 60.5 Å². The van der Waals surface area contributed by atoms with E-state index in [2.05, 4.69) is 112 Å². The summed E-state index contributed by atoms with van der Waals surface area (Å²) in [7, 11) is 0. The maximum Gasteiger partial charge on any atom is -0.00268 e. The predicted molar refractivity (Wildman–Crippen MR) is 127 cm³/mol. The molecule has 0 fully saturated rings. The fourth-order valence-corrected chi connectivity index (χ4v) is 4.76. The van der Waals surface area contributed by atoms with Gasteiger partial charge in [-0.3, -0.25) is 0 Å². The molecule has 0 heteroatoms. The van der Waals surface area contributed by atoms with Gasteiger partial charge in [-0.15, -0.1) is 0 Å². The molecule has 0 heterocycles. The molecule has 0 unspecified atom stereocenters. The number of hydrogen-bond acceptors (Lipinski definition) is 0. The summed E-state index contributed by atoms with van der Waals surface area (Å²) in [5.74, 6) is 0. The summed E-state index contributed by atoms with van der Waals surface area (Å²) in [6.07, 6.45) is 0. The molecule has 0 amide bonds. The van der Waals surface area contributed by atoms with Gasteiger partial charge in [-0.2, -0.15) is 0 Å². The van der Waals surface area contributed by atoms with E-state index < -0.39 is 0 Å². The maximum absolute atomic E-state index is 2.29. The standard InChI is InChI=1S/C29H24/c1-19-16-20(2)28(21(3)17-19)22-12-14-23(15-13-22)29-26-10-6-4-8-24(26)18-25-9-5-7-11-27(25)29/h4-18H,1-3H3. The van der Waals surface area contributed by atoms with E-state index in [1.54, 1.807) is 0 Å². The van der Waals surface area contributed by atoms with Crippen LogP contribution < -0.4 is 0 Å². The van der Waals surface area contributed by atoms with Crippen LogP contribution >= 0.6 is 0 Å². The molecule has 0 saturated heterocycles. The summed E-state index contributed by atoms with van der Waals surface area (Å²) >= 11 is 0. The first kappa shape index (κ1) is 17.7. The second-order valence-corrected chi connectivity index (χ2v) is 8.04. The zero-order valence-electron chi connectivity index (χ0n) is 17.2. The third kappa shape index (κ3) is 3.02. The van der Waals surface area contributed by atoms with Crippen molar-refractivity contribution < 1.29 is 0 Å². The summed E-state index contributed by atoms with van der Waals surface area (Å²) in [6, 6.07) is 33.3. The van der Waals surface area contributed by atoms with E-state index in [-0.39, 0.29) is 0 Å². The van der Waals surface area contributed by atoms with Crippen molar-refractivity contribution in [1.29, 1.82) is 0 Å². The Hall–Kier alpha value is -3.38. The lowest BCUT2D eigenvalue weighted by molar-refractivity contribution is 1.32. The summed E-state index contributed by atoms with van der Waals surface area (Å²) in [5, 5.41) is 5.19. The molecule has 0 saturated carbocycles. The molecule has 0 atom stereocenters. The molecule has 0 bridgehead atoms. The van der Waals surface area contributed by atoms with Crippen LogP contribution in [-0.4, -0.2) is 0 Å². The predicted octanol–water partition coefficient (Wildman–Crippen LogP) is 8.25. The number of aryl methyl sites for hydroxylation is 3. The molecule has 0 nitrogen and oxygen atoms in total. The third-order valence-corrected chi connectivity index (χ3v) is 5.91. The molecular formula is C29H24. The SMILES string of the molecule is Cc1cc(C)c(-c2ccc(-c3c4ccccc4cc4ccccc34)cc2)c(C)c1. The summed E-state index contributed by atoms with van der Waals surface area (Å²) in [5.41, 5.74) is 9.23. The Kier molecular flexibility index (Phi) is 4.21. The Labute approximate surface area is 172 Å². The van der Waals surface area contributed by atoms with Crippen LogP contribution in [0.15, 0.2) is 91.0 Å². The molecule has 29 heavy (non-hydrogen) atoms. The Morgan fingerprint density at radius 1 is 0.448 bits per heavy atom. The van der Waals surface area contributed by atoms with Gasteiger partial charge in [0.05, 0.1) is 0 Å². The maximum atomic E-state index is 2.29. The first-order chi connectivity index (χ1) is 14.1. The molecule has 0 radical (unpaired) electrons. The highest BCUT2D eigenvalue weighted by molar-refractivity contribution is 6.12. The van der Waals surface area contributed by atoms with Gasteiger partial charge in [0.25, 0.3) is 0 Å². The molecule has 0 aromatic heterocycles. The Morgan fingerprint density at radius 3 is 1.41 bits per heavy atom. The molecule has 0 aliphatic rings. The number of hydrogen-bond donors (Lipinski definition) is 0. The van der Waals surface area contributed by atoms with Crippen molar-refractivity contribution in [2.24, 2.45) is 0 Å². The minimum Gasteiger partial charge on any atom is -0.0616 e. The van der Waals surface area contributed by atoms with Crippen molar-refractivity contribution in [1.82, 2.24) is 0 Å². The van der Waals surface area contributed by atoms with Crippen molar-refractivity contribution in [2.45, 2.75) is 20.8 Å². The average molecular weight is 373 g/mol. The van der Waals surface area contributed by atoms with Gasteiger partial charge in [0, 0.05) is 0 Å². The van der Waals surface area contributed by atoms with Crippen molar-refractivity contribution >= 4 is 21.5 Å². The summed E-state index contributed by atoms with van der Waals surface area (Å²) in [4.78, 5) is 0. The monoisotopic (exact) mass is 372 g/mol. The molecule has 0 N–H and O–H groups in total. The smallest absolute Gasteiger partial charge is 0.00268 e. The Balaban J connectivity index is 1.72. The fraction of sp³-hybridized carbons (Fsp3) is 0.103. The van der Waals surface area contributed by atoms with Gasteiger partial charge < -0.3 is 0 Å². The summed E-state index contributed by atoms with van der Waals surface area (Å²) in [6.45, 7) is 6.58. The van der Waals surface area contributed by atoms with Gasteiger partial charge in [0.2, 0.25) is 0 Å². The first-order valence-corrected chi connectivity index (χ1v) is 10.2. The molecule has 0 aliphatic heterocycles. The van der Waals surface area contributed by atoms with E-state index in [4.69, 9.17) is 0 Å². The second kappa shape index (κ2) is 6.90. The quantitative estimate of drug-likeness (QED) is 0.274. The normalized spacial score (nSPS) is 11.3. The summed E-state index contributed by atoms with van der Waals surface area (Å²) < 4.78 is 0. The lowest BCUT2D eigenvalue weighted by Gasteiger charge is -2.14. The average Bonchev–Trinajstić information content (AvgIpc) is 2.72. The molecule has 5 aromatic rings. The van der Waals surface area contributed by atoms with E-state index >= 15 is 0 Å². The number of rotatable bonds is 2. The molecule has 5 rings (SSSR count). The highest BCUT2D eigenvalue weighted by atomic mass is 14.1. The van der Waals surface area contributed by atoms with Gasteiger partial charge in [0.15, 0.2) is 0 Å². The Bertz CT molecular complexity index is 1280. The third-order valence-electron chi connectivity index (χ3n) is 5.91. The minimum atomic E-state index is 1.27. The van der Waals surface area contributed by atoms with Gasteiger partial charge in [-0.25, -0.2) is 0 Å². The topological polar surface area (TPSA) is 0 Å². The van der Waals surface area contributed by atoms with Crippen LogP contribution in [0.5, 0.6) is 0 Å². The van der Waals surface area contributed by atoms with Gasteiger partial charge >= 0.3 is 0 Å². The highest BCUT2D eigenvalue weighted by Crippen LogP contribution is 2.37. The second-order valence-electron chi connectivity index (χ2n) is 8.04. The number of fused-ring (bicyclic) bond motifs is 2. The lowest BCUT2D eigenvalue weighted by atomic mass is 9.89. The molecule has 0 spiro atoms. The fourth-order valence-electron chi connectivity index (χ4n) is 4.76. The zero-order valence-corrected chi connectivity index (χ0v) is 17.2. The number of benzene rings is 5. The van der Waals surface area contributed by atoms with E-state index in [9.17, 15) is 0 Å². The van der Waals surface area contributed by atoms with Crippen molar-refractivity contribution in [2.75, 3.05) is 0 Å². The zero-order chi connectivity index (χ0) is 20.0. The van der Waals surface area contributed by atoms with Gasteiger partial charge in [0.1, 0.15) is 0 Å². The first-order valence-electron chi connectivity index (χ1n) is 10.2. The molecular weight excluding hydrogens is 348 g/mol. The largest absolute Gasteiger partial charge is 0.0616 e. The van der Waals surface area contributed by atoms with Crippen LogP contribution in [0, 0.1) is 20.8 Å². The van der Waals surface area contributed by atoms with Gasteiger partial charge in [-0.05, 0) is 81.8 Å². The van der Waals surface area contributed by atoms with Crippen LogP contribution in [0.3, 0.4) is 0 Å². The van der Waals surface area contributed by atoms with Crippen LogP contribution in [0.1, 0.15) is 16.7 Å². The lowest BCUT2D eigenvalue weighted by Crippen LogP contribution is -1.91. The molecule has 5 aromatic carbocycles. The van der Waals surface area contributed by atoms with Crippen molar-refractivity contribution in [3.05, 3.63) is 108 Å². The van der Waals surface area contributed by atoms with E-state index in [0.29, 0.717) is 0 Å². The van der Waals surface area contributed by atoms with Crippen molar-refractivity contribution in [3.8, 4) is 22.3 Å². The highest BCUT2D eigenvalue weighted by Gasteiger charge is 2.11. The van der Waals surface area contributed by atoms with Crippen LogP contribution in [0.2, 0.25) is 0 Å². The van der Waals surface area contributed by atoms with E-state index in [0.717, 1.165) is 0 Å². The van der Waals surface area contributed by atoms with Crippen LogP contribution in [0.25, 0.3) is 43.8 Å². The Morgan fingerprint density at radius 2 is 0.897 bits per heavy atom.